The van der Waals surface area contributed by atoms with Crippen molar-refractivity contribution in [3.05, 3.63) is 46.5 Å². The highest BCUT2D eigenvalue weighted by Gasteiger charge is 2.34. The number of carbonyl (C=O) groups excluding carboxylic acids is 1. The Hall–Kier alpha value is -2.26. The Morgan fingerprint density at radius 1 is 1.06 bits per heavy atom. The van der Waals surface area contributed by atoms with Crippen molar-refractivity contribution in [2.45, 2.75) is 64.8 Å². The summed E-state index contributed by atoms with van der Waals surface area (Å²) < 4.78 is 28.6. The highest BCUT2D eigenvalue weighted by atomic mass is 32.2. The van der Waals surface area contributed by atoms with E-state index in [1.807, 2.05) is 36.9 Å². The number of hydrogen-bond acceptors (Lipinski definition) is 5. The monoisotopic (exact) mass is 445 g/mol. The third-order valence-electron chi connectivity index (χ3n) is 6.46. The number of nitrogens with zero attached hydrogens (tertiary/aromatic N) is 5. The topological polar surface area (TPSA) is 88.4 Å². The SMILES string of the molecule is Cc1ccc(C(=O)N2CCn3c(nnc3C3CCN(S(=O)(=O)C(C)C)CC3)C2)c(C)c1. The summed E-state index contributed by atoms with van der Waals surface area (Å²) in [5.41, 5.74) is 2.86. The van der Waals surface area contributed by atoms with E-state index in [9.17, 15) is 13.2 Å². The van der Waals surface area contributed by atoms with E-state index >= 15 is 0 Å². The molecule has 0 spiro atoms. The molecule has 0 unspecified atom stereocenters. The van der Waals surface area contributed by atoms with Gasteiger partial charge in [-0.25, -0.2) is 12.7 Å². The minimum Gasteiger partial charge on any atom is -0.329 e. The summed E-state index contributed by atoms with van der Waals surface area (Å²) in [5, 5.41) is 8.43. The lowest BCUT2D eigenvalue weighted by atomic mass is 9.97. The molecule has 0 bridgehead atoms. The first-order chi connectivity index (χ1) is 14.7. The zero-order chi connectivity index (χ0) is 22.3. The molecular weight excluding hydrogens is 414 g/mol. The fourth-order valence-corrected chi connectivity index (χ4v) is 5.86. The summed E-state index contributed by atoms with van der Waals surface area (Å²) >= 11 is 0. The largest absolute Gasteiger partial charge is 0.329 e. The molecule has 1 fully saturated rings. The summed E-state index contributed by atoms with van der Waals surface area (Å²) in [6, 6.07) is 5.90. The van der Waals surface area contributed by atoms with Crippen LogP contribution >= 0.6 is 0 Å². The maximum absolute atomic E-state index is 13.0. The first-order valence-corrected chi connectivity index (χ1v) is 12.5. The third kappa shape index (κ3) is 4.13. The minimum atomic E-state index is -3.21. The quantitative estimate of drug-likeness (QED) is 0.721. The number of amides is 1. The summed E-state index contributed by atoms with van der Waals surface area (Å²) in [5.74, 6) is 1.95. The van der Waals surface area contributed by atoms with E-state index in [1.54, 1.807) is 18.2 Å². The van der Waals surface area contributed by atoms with Gasteiger partial charge in [0, 0.05) is 37.7 Å². The molecule has 1 amide bonds. The molecule has 168 valence electrons. The lowest BCUT2D eigenvalue weighted by Crippen LogP contribution is -2.42. The van der Waals surface area contributed by atoms with Gasteiger partial charge in [0.1, 0.15) is 5.82 Å². The second-order valence-corrected chi connectivity index (χ2v) is 11.4. The van der Waals surface area contributed by atoms with Crippen molar-refractivity contribution in [2.24, 2.45) is 0 Å². The number of fused-ring (bicyclic) bond motifs is 1. The molecule has 0 radical (unpaired) electrons. The van der Waals surface area contributed by atoms with Crippen LogP contribution in [0.2, 0.25) is 0 Å². The van der Waals surface area contributed by atoms with Crippen LogP contribution in [0.25, 0.3) is 0 Å². The van der Waals surface area contributed by atoms with Crippen LogP contribution in [0.1, 0.15) is 65.7 Å². The number of aryl methyl sites for hydroxylation is 2. The smallest absolute Gasteiger partial charge is 0.254 e. The van der Waals surface area contributed by atoms with Crippen molar-refractivity contribution in [1.82, 2.24) is 24.0 Å². The van der Waals surface area contributed by atoms with E-state index in [0.29, 0.717) is 32.7 Å². The van der Waals surface area contributed by atoms with Crippen LogP contribution in [0.3, 0.4) is 0 Å². The van der Waals surface area contributed by atoms with Crippen LogP contribution in [0, 0.1) is 13.8 Å². The van der Waals surface area contributed by atoms with E-state index < -0.39 is 15.3 Å². The van der Waals surface area contributed by atoms with Gasteiger partial charge in [0.05, 0.1) is 11.8 Å². The average molecular weight is 446 g/mol. The summed E-state index contributed by atoms with van der Waals surface area (Å²) in [6.07, 6.45) is 1.49. The van der Waals surface area contributed by atoms with Crippen molar-refractivity contribution in [1.29, 1.82) is 0 Å². The van der Waals surface area contributed by atoms with Crippen molar-refractivity contribution < 1.29 is 13.2 Å². The number of piperidine rings is 1. The van der Waals surface area contributed by atoms with Gasteiger partial charge in [-0.15, -0.1) is 10.2 Å². The average Bonchev–Trinajstić information content (AvgIpc) is 3.16. The van der Waals surface area contributed by atoms with Gasteiger partial charge in [0.2, 0.25) is 10.0 Å². The molecule has 9 heteroatoms. The number of rotatable bonds is 4. The molecule has 0 atom stereocenters. The van der Waals surface area contributed by atoms with Crippen molar-refractivity contribution >= 4 is 15.9 Å². The number of hydrogen-bond donors (Lipinski definition) is 0. The molecular formula is C22H31N5O3S. The fraction of sp³-hybridized carbons (Fsp3) is 0.591. The van der Waals surface area contributed by atoms with Gasteiger partial charge in [-0.1, -0.05) is 17.7 Å². The predicted octanol–water partition coefficient (Wildman–Crippen LogP) is 2.47. The van der Waals surface area contributed by atoms with E-state index in [0.717, 1.165) is 41.2 Å². The van der Waals surface area contributed by atoms with Crippen molar-refractivity contribution in [3.8, 4) is 0 Å². The molecule has 0 saturated carbocycles. The van der Waals surface area contributed by atoms with Crippen LogP contribution < -0.4 is 0 Å². The Morgan fingerprint density at radius 3 is 2.42 bits per heavy atom. The van der Waals surface area contributed by atoms with Gasteiger partial charge in [0.25, 0.3) is 5.91 Å². The Balaban J connectivity index is 1.45. The maximum atomic E-state index is 13.0. The molecule has 3 heterocycles. The molecule has 2 aliphatic heterocycles. The molecule has 1 saturated heterocycles. The number of carbonyl (C=O) groups is 1. The Bertz CT molecular complexity index is 1080. The van der Waals surface area contributed by atoms with Gasteiger partial charge in [-0.05, 0) is 52.2 Å². The van der Waals surface area contributed by atoms with E-state index in [2.05, 4.69) is 14.8 Å². The lowest BCUT2D eigenvalue weighted by molar-refractivity contribution is 0.0705. The van der Waals surface area contributed by atoms with Crippen molar-refractivity contribution in [2.75, 3.05) is 19.6 Å². The second-order valence-electron chi connectivity index (χ2n) is 8.94. The first kappa shape index (κ1) is 22.0. The number of aromatic nitrogens is 3. The Labute approximate surface area is 184 Å². The Morgan fingerprint density at radius 2 is 1.77 bits per heavy atom. The predicted molar refractivity (Wildman–Crippen MR) is 118 cm³/mol. The van der Waals surface area contributed by atoms with Crippen LogP contribution in [-0.2, 0) is 23.1 Å². The molecule has 1 aromatic heterocycles. The van der Waals surface area contributed by atoms with Crippen LogP contribution in [0.15, 0.2) is 18.2 Å². The number of sulfonamides is 1. The minimum absolute atomic E-state index is 0.0282. The van der Waals surface area contributed by atoms with Gasteiger partial charge < -0.3 is 9.47 Å². The molecule has 1 aromatic carbocycles. The normalized spacial score (nSPS) is 18.4. The lowest BCUT2D eigenvalue weighted by Gasteiger charge is -2.33. The standard InChI is InChI=1S/C22H31N5O3S/c1-15(2)31(29,30)26-9-7-18(8-10-26)21-24-23-20-14-25(11-12-27(20)21)22(28)19-6-5-16(3)13-17(19)4/h5-6,13,15,18H,7-12,14H2,1-4H3. The molecule has 2 aromatic rings. The van der Waals surface area contributed by atoms with Gasteiger partial charge >= 0.3 is 0 Å². The van der Waals surface area contributed by atoms with E-state index in [-0.39, 0.29) is 11.8 Å². The molecule has 31 heavy (non-hydrogen) atoms. The zero-order valence-electron chi connectivity index (χ0n) is 18.7. The van der Waals surface area contributed by atoms with Gasteiger partial charge in [-0.2, -0.15) is 0 Å². The third-order valence-corrected chi connectivity index (χ3v) is 8.73. The molecule has 0 aliphatic carbocycles. The van der Waals surface area contributed by atoms with Gasteiger partial charge in [0.15, 0.2) is 5.82 Å². The molecule has 8 nitrogen and oxygen atoms in total. The second kappa shape index (κ2) is 8.35. The van der Waals surface area contributed by atoms with Crippen LogP contribution in [-0.4, -0.2) is 63.2 Å². The number of benzene rings is 1. The van der Waals surface area contributed by atoms with Gasteiger partial charge in [-0.3, -0.25) is 4.79 Å². The van der Waals surface area contributed by atoms with E-state index in [1.165, 1.54) is 0 Å². The molecule has 0 N–H and O–H groups in total. The van der Waals surface area contributed by atoms with Crippen LogP contribution in [0.5, 0.6) is 0 Å². The Kier molecular flexibility index (Phi) is 5.91. The first-order valence-electron chi connectivity index (χ1n) is 11.0. The highest BCUT2D eigenvalue weighted by Crippen LogP contribution is 2.30. The molecule has 2 aliphatic rings. The summed E-state index contributed by atoms with van der Waals surface area (Å²) in [4.78, 5) is 14.9. The molecule has 4 rings (SSSR count). The van der Waals surface area contributed by atoms with Crippen molar-refractivity contribution in [3.63, 3.8) is 0 Å². The summed E-state index contributed by atoms with van der Waals surface area (Å²) in [7, 11) is -3.21. The van der Waals surface area contributed by atoms with E-state index in [4.69, 9.17) is 0 Å². The maximum Gasteiger partial charge on any atom is 0.254 e. The summed E-state index contributed by atoms with van der Waals surface area (Å²) in [6.45, 7) is 10.2. The van der Waals surface area contributed by atoms with Crippen LogP contribution in [0.4, 0.5) is 0 Å². The highest BCUT2D eigenvalue weighted by molar-refractivity contribution is 7.89. The zero-order valence-corrected chi connectivity index (χ0v) is 19.5. The fourth-order valence-electron chi connectivity index (χ4n) is 4.55.